The summed E-state index contributed by atoms with van der Waals surface area (Å²) in [5.74, 6) is 1.80. The Hall–Kier alpha value is -1.13. The van der Waals surface area contributed by atoms with Gasteiger partial charge in [0.15, 0.2) is 0 Å². The molecule has 0 aromatic heterocycles. The topological polar surface area (TPSA) is 66.8 Å². The molecule has 0 aromatic carbocycles. The quantitative estimate of drug-likeness (QED) is 0.508. The third kappa shape index (κ3) is 3.13. The number of ketones is 1. The summed E-state index contributed by atoms with van der Waals surface area (Å²) in [4.78, 5) is 12.8. The van der Waals surface area contributed by atoms with Gasteiger partial charge in [0.25, 0.3) is 0 Å². The van der Waals surface area contributed by atoms with Gasteiger partial charge < -0.3 is 14.9 Å². The minimum absolute atomic E-state index is 0.0206. The van der Waals surface area contributed by atoms with E-state index in [1.807, 2.05) is 13.2 Å². The zero-order valence-electron chi connectivity index (χ0n) is 22.2. The van der Waals surface area contributed by atoms with E-state index in [0.717, 1.165) is 25.7 Å². The first kappa shape index (κ1) is 24.6. The van der Waals surface area contributed by atoms with Crippen LogP contribution in [0.2, 0.25) is 0 Å². The van der Waals surface area contributed by atoms with Gasteiger partial charge in [-0.15, -0.1) is 0 Å². The monoisotopic (exact) mass is 470 g/mol. The molecule has 9 atom stereocenters. The first-order valence-electron chi connectivity index (χ1n) is 13.8. The molecule has 4 heteroatoms. The summed E-state index contributed by atoms with van der Waals surface area (Å²) in [5.41, 5.74) is 3.42. The fraction of sp³-hybridized carbons (Fsp3) is 0.833. The maximum absolute atomic E-state index is 12.8. The van der Waals surface area contributed by atoms with E-state index in [4.69, 9.17) is 4.74 Å². The molecule has 4 nitrogen and oxygen atoms in total. The first-order valence-corrected chi connectivity index (χ1v) is 13.8. The molecule has 1 heterocycles. The molecule has 3 fully saturated rings. The molecule has 0 amide bonds. The number of carbonyl (C=O) groups is 1. The van der Waals surface area contributed by atoms with Crippen LogP contribution >= 0.6 is 0 Å². The van der Waals surface area contributed by atoms with E-state index in [2.05, 4.69) is 40.7 Å². The first-order chi connectivity index (χ1) is 15.9. The second-order valence-corrected chi connectivity index (χ2v) is 13.8. The second-order valence-electron chi connectivity index (χ2n) is 13.8. The normalized spacial score (nSPS) is 47.0. The van der Waals surface area contributed by atoms with Crippen LogP contribution in [0.5, 0.6) is 0 Å². The number of hydrogen-bond donors (Lipinski definition) is 2. The average molecular weight is 471 g/mol. The molecule has 34 heavy (non-hydrogen) atoms. The van der Waals surface area contributed by atoms with E-state index in [-0.39, 0.29) is 40.3 Å². The van der Waals surface area contributed by atoms with Crippen LogP contribution < -0.4 is 0 Å². The summed E-state index contributed by atoms with van der Waals surface area (Å²) in [6.07, 6.45) is 12.1. The van der Waals surface area contributed by atoms with Gasteiger partial charge in [-0.1, -0.05) is 53.2 Å². The molecule has 0 radical (unpaired) electrons. The lowest BCUT2D eigenvalue weighted by Crippen LogP contribution is -2.57. The highest BCUT2D eigenvalue weighted by Gasteiger charge is 2.65. The summed E-state index contributed by atoms with van der Waals surface area (Å²) in [5, 5.41) is 20.1. The number of allylic oxidation sites excluding steroid dienone is 2. The fourth-order valence-corrected chi connectivity index (χ4v) is 9.50. The van der Waals surface area contributed by atoms with E-state index in [1.165, 1.54) is 31.3 Å². The Morgan fingerprint density at radius 2 is 1.79 bits per heavy atom. The molecule has 0 aromatic rings. The molecule has 5 aliphatic rings. The Morgan fingerprint density at radius 1 is 1.09 bits per heavy atom. The molecule has 4 aliphatic carbocycles. The summed E-state index contributed by atoms with van der Waals surface area (Å²) >= 11 is 0. The van der Waals surface area contributed by atoms with Crippen LogP contribution in [0.4, 0.5) is 0 Å². The third-order valence-electron chi connectivity index (χ3n) is 12.1. The van der Waals surface area contributed by atoms with Crippen LogP contribution in [-0.2, 0) is 9.53 Å². The van der Waals surface area contributed by atoms with Gasteiger partial charge in [-0.25, -0.2) is 0 Å². The molecule has 190 valence electrons. The van der Waals surface area contributed by atoms with Crippen molar-refractivity contribution >= 4 is 5.78 Å². The fourth-order valence-electron chi connectivity index (χ4n) is 9.50. The number of aliphatic hydroxyl groups is 2. The van der Waals surface area contributed by atoms with Gasteiger partial charge in [0.2, 0.25) is 0 Å². The van der Waals surface area contributed by atoms with E-state index in [1.54, 1.807) is 5.57 Å². The van der Waals surface area contributed by atoms with Crippen LogP contribution in [0.15, 0.2) is 23.5 Å². The molecule has 3 saturated carbocycles. The third-order valence-corrected chi connectivity index (χ3v) is 12.1. The SMILES string of the molecule is C[C@H](CO)[C@@H](O)[C@H]1CC([C@@H]2CC[C@]3(C)C4=CC[C@H]5C(C)(C)C(=O)CC[C@]5(C)[C@H]4CC[C@@]23C)=CO1. The van der Waals surface area contributed by atoms with Crippen molar-refractivity contribution in [2.45, 2.75) is 105 Å². The standard InChI is InChI=1S/C30H46O4/c1-18(16-31)26(33)23-15-19(17-34-23)20-9-13-30(6)22-7-8-24-27(2,3)25(32)11-12-28(24,4)21(22)10-14-29(20,30)5/h7,17-18,20-21,23-24,26,31,33H,8-16H2,1-6H3/t18-,20+,21+,23-,24+,26-,28-,29+,30-/m1/s1. The minimum atomic E-state index is -0.634. The zero-order valence-corrected chi connectivity index (χ0v) is 22.2. The Morgan fingerprint density at radius 3 is 2.50 bits per heavy atom. The minimum Gasteiger partial charge on any atom is -0.495 e. The van der Waals surface area contributed by atoms with E-state index in [9.17, 15) is 15.0 Å². The average Bonchev–Trinajstić information content (AvgIpc) is 3.38. The lowest BCUT2D eigenvalue weighted by molar-refractivity contribution is -0.145. The van der Waals surface area contributed by atoms with Gasteiger partial charge in [0.1, 0.15) is 11.9 Å². The lowest BCUT2D eigenvalue weighted by Gasteiger charge is -2.63. The van der Waals surface area contributed by atoms with Gasteiger partial charge in [-0.3, -0.25) is 4.79 Å². The molecule has 0 unspecified atom stereocenters. The Balaban J connectivity index is 1.42. The van der Waals surface area contributed by atoms with Crippen molar-refractivity contribution in [1.29, 1.82) is 0 Å². The number of ether oxygens (including phenoxy) is 1. The van der Waals surface area contributed by atoms with Crippen molar-refractivity contribution in [3.63, 3.8) is 0 Å². The molecular weight excluding hydrogens is 424 g/mol. The van der Waals surface area contributed by atoms with Crippen molar-refractivity contribution in [2.24, 2.45) is 45.3 Å². The van der Waals surface area contributed by atoms with Crippen molar-refractivity contribution in [3.8, 4) is 0 Å². The van der Waals surface area contributed by atoms with Gasteiger partial charge in [-0.2, -0.15) is 0 Å². The van der Waals surface area contributed by atoms with Crippen molar-refractivity contribution in [2.75, 3.05) is 6.61 Å². The van der Waals surface area contributed by atoms with E-state index < -0.39 is 6.10 Å². The number of hydrogen-bond acceptors (Lipinski definition) is 4. The predicted molar refractivity (Wildman–Crippen MR) is 134 cm³/mol. The van der Waals surface area contributed by atoms with Crippen molar-refractivity contribution in [1.82, 2.24) is 0 Å². The largest absolute Gasteiger partial charge is 0.495 e. The molecule has 2 N–H and O–H groups in total. The van der Waals surface area contributed by atoms with Gasteiger partial charge in [0, 0.05) is 30.8 Å². The van der Waals surface area contributed by atoms with Crippen LogP contribution in [0.1, 0.15) is 92.9 Å². The number of fused-ring (bicyclic) bond motifs is 5. The maximum atomic E-state index is 12.8. The summed E-state index contributed by atoms with van der Waals surface area (Å²) in [7, 11) is 0. The lowest BCUT2D eigenvalue weighted by atomic mass is 9.41. The Labute approximate surface area is 206 Å². The highest BCUT2D eigenvalue weighted by atomic mass is 16.5. The van der Waals surface area contributed by atoms with Crippen molar-refractivity contribution < 1.29 is 19.7 Å². The number of rotatable bonds is 4. The smallest absolute Gasteiger partial charge is 0.138 e. The number of aliphatic hydroxyl groups excluding tert-OH is 2. The summed E-state index contributed by atoms with van der Waals surface area (Å²) in [6.45, 7) is 13.8. The molecule has 0 spiro atoms. The van der Waals surface area contributed by atoms with E-state index >= 15 is 0 Å². The van der Waals surface area contributed by atoms with Gasteiger partial charge in [0.05, 0.1) is 12.4 Å². The molecule has 0 saturated heterocycles. The van der Waals surface area contributed by atoms with Gasteiger partial charge in [-0.05, 0) is 78.1 Å². The summed E-state index contributed by atoms with van der Waals surface area (Å²) < 4.78 is 5.98. The number of Topliss-reactive ketones (excluding diaryl/α,β-unsaturated/α-hetero) is 1. The highest BCUT2D eigenvalue weighted by molar-refractivity contribution is 5.85. The maximum Gasteiger partial charge on any atom is 0.138 e. The zero-order chi connectivity index (χ0) is 24.7. The van der Waals surface area contributed by atoms with Crippen molar-refractivity contribution in [3.05, 3.63) is 23.5 Å². The molecular formula is C30H46O4. The molecule has 1 aliphatic heterocycles. The number of carbonyl (C=O) groups excluding carboxylic acids is 1. The van der Waals surface area contributed by atoms with Crippen LogP contribution in [0.25, 0.3) is 0 Å². The molecule has 0 bridgehead atoms. The Bertz CT molecular complexity index is 917. The Kier molecular flexibility index (Phi) is 5.73. The van der Waals surface area contributed by atoms with E-state index in [0.29, 0.717) is 23.5 Å². The summed E-state index contributed by atoms with van der Waals surface area (Å²) in [6, 6.07) is 0. The van der Waals surface area contributed by atoms with Crippen LogP contribution in [-0.4, -0.2) is 34.8 Å². The van der Waals surface area contributed by atoms with Crippen LogP contribution in [0, 0.1) is 45.3 Å². The van der Waals surface area contributed by atoms with Crippen LogP contribution in [0.3, 0.4) is 0 Å². The predicted octanol–water partition coefficient (Wildman–Crippen LogP) is 5.82. The highest BCUT2D eigenvalue weighted by Crippen LogP contribution is 2.73. The second kappa shape index (κ2) is 7.93. The molecule has 5 rings (SSSR count). The van der Waals surface area contributed by atoms with Gasteiger partial charge >= 0.3 is 0 Å².